The first-order valence-corrected chi connectivity index (χ1v) is 28.7. The number of aromatic hydroxyl groups is 1. The first-order valence-electron chi connectivity index (χ1n) is 25.5. The van der Waals surface area contributed by atoms with Crippen LogP contribution >= 0.6 is 44.8 Å². The van der Waals surface area contributed by atoms with Crippen LogP contribution in [0.4, 0.5) is 0 Å². The molecule has 0 saturated carbocycles. The van der Waals surface area contributed by atoms with E-state index in [-0.39, 0.29) is 54.9 Å². The Kier molecular flexibility index (Phi) is 25.4. The minimum absolute atomic E-state index is 0.00159. The van der Waals surface area contributed by atoms with Gasteiger partial charge in [0.2, 0.25) is 53.2 Å². The molecule has 80 heavy (non-hydrogen) atoms. The van der Waals surface area contributed by atoms with Gasteiger partial charge in [-0.25, -0.2) is 0 Å². The first-order chi connectivity index (χ1) is 38.1. The number of hydrogen-bond acceptors (Lipinski definition) is 15. The summed E-state index contributed by atoms with van der Waals surface area (Å²) in [5.74, 6) is -8.50. The highest BCUT2D eigenvalue weighted by Gasteiger charge is 2.36. The van der Waals surface area contributed by atoms with Crippen molar-refractivity contribution in [1.82, 2.24) is 42.5 Å². The number of rotatable bonds is 20. The minimum atomic E-state index is -1.74. The summed E-state index contributed by atoms with van der Waals surface area (Å²) in [4.78, 5) is 126. The van der Waals surface area contributed by atoms with Gasteiger partial charge < -0.3 is 69.9 Å². The number of carbonyl (C=O) groups is 9. The number of phenolic OH excluding ortho intramolecular Hbond substituents is 1. The zero-order valence-electron chi connectivity index (χ0n) is 43.9. The molecule has 0 aromatic heterocycles. The molecule has 1 aliphatic heterocycles. The van der Waals surface area contributed by atoms with E-state index in [2.05, 4.69) is 42.5 Å². The number of halogens is 2. The maximum absolute atomic E-state index is 14.8. The van der Waals surface area contributed by atoms with Crippen LogP contribution < -0.4 is 59.7 Å². The van der Waals surface area contributed by atoms with Crippen molar-refractivity contribution in [3.63, 3.8) is 0 Å². The van der Waals surface area contributed by atoms with Crippen molar-refractivity contribution in [2.75, 3.05) is 25.1 Å². The molecule has 9 amide bonds. The fourth-order valence-electron chi connectivity index (χ4n) is 8.18. The van der Waals surface area contributed by atoms with Crippen LogP contribution in [0.15, 0.2) is 97.1 Å². The maximum Gasteiger partial charge on any atom is 0.248 e. The molecule has 1 heterocycles. The number of nitrogens with one attached hydrogen (secondary N) is 8. The SMILES string of the molecule is CNCCCC[C@@H]1NC(=O)[C@@H](Cc2ccc(C(N)=O)cc2)NC(=O)[C@H](Cc2ccc(O)cc2)NC(=O)[C@H](NC(=O)[C@@H](N)Cc2ccc(Cl)cc2)CSSC[C@@H](C(=O)N[C@H](Cc2ccc(Cl)cc2)C(N)=O)NC(=O)C(C(C)O)NC1=O. The Morgan fingerprint density at radius 3 is 1.69 bits per heavy atom. The molecule has 5 rings (SSSR count). The van der Waals surface area contributed by atoms with E-state index in [1.54, 1.807) is 55.6 Å². The lowest BCUT2D eigenvalue weighted by Gasteiger charge is -2.29. The number of aliphatic hydroxyl groups excluding tert-OH is 1. The summed E-state index contributed by atoms with van der Waals surface area (Å²) in [6.07, 6.45) is -1.19. The predicted octanol–water partition coefficient (Wildman–Crippen LogP) is 0.440. The standard InChI is InChI=1S/C54H67Cl2N11O11S2/c1-29(68)45-54(78)66-44(52(76)62-40(47(59)71)24-32-10-18-36(56)19-11-32)28-80-79-27-43(65-48(72)38(57)23-30-8-16-35(55)17-9-30)53(77)64-42(26-33-12-20-37(69)21-13-33)51(75)63-41(25-31-6-14-34(15-7-31)46(58)70)50(74)61-39(49(73)67-45)5-3-4-22-60-2/h6-21,29,38-45,60,68-69H,3-5,22-28,57H2,1-2H3,(H2,58,70)(H2,59,71)(H,61,74)(H,62,76)(H,63,75)(H,64,77)(H,65,72)(H,66,78)(H,67,73)/t29?,38-,39-,40+,41+,42-,43+,44-,45?/m0/s1. The molecule has 0 aliphatic carbocycles. The Morgan fingerprint density at radius 2 is 1.15 bits per heavy atom. The Morgan fingerprint density at radius 1 is 0.650 bits per heavy atom. The number of hydrogen-bond donors (Lipinski definition) is 13. The monoisotopic (exact) mass is 1180 g/mol. The van der Waals surface area contributed by atoms with Gasteiger partial charge in [-0.3, -0.25) is 43.2 Å². The van der Waals surface area contributed by atoms with Crippen LogP contribution in [0.3, 0.4) is 0 Å². The Balaban J connectivity index is 1.58. The molecule has 9 atom stereocenters. The number of primary amides is 2. The third-order valence-electron chi connectivity index (χ3n) is 12.7. The zero-order chi connectivity index (χ0) is 58.5. The highest BCUT2D eigenvalue weighted by atomic mass is 35.5. The second-order valence-corrected chi connectivity index (χ2v) is 22.5. The maximum atomic E-state index is 14.8. The molecule has 0 spiro atoms. The number of nitrogens with two attached hydrogens (primary N) is 3. The van der Waals surface area contributed by atoms with E-state index < -0.39 is 108 Å². The average Bonchev–Trinajstić information content (AvgIpc) is 3.42. The van der Waals surface area contributed by atoms with Gasteiger partial charge in [0.25, 0.3) is 0 Å². The lowest BCUT2D eigenvalue weighted by Crippen LogP contribution is -2.62. The molecule has 0 bridgehead atoms. The lowest BCUT2D eigenvalue weighted by atomic mass is 10.00. The number of benzene rings is 4. The highest BCUT2D eigenvalue weighted by Crippen LogP contribution is 2.24. The summed E-state index contributed by atoms with van der Waals surface area (Å²) in [5, 5.41) is 43.6. The van der Waals surface area contributed by atoms with E-state index in [9.17, 15) is 53.4 Å². The van der Waals surface area contributed by atoms with Gasteiger partial charge in [-0.05, 0) is 117 Å². The Hall–Kier alpha value is -6.93. The predicted molar refractivity (Wildman–Crippen MR) is 306 cm³/mol. The molecule has 16 N–H and O–H groups in total. The van der Waals surface area contributed by atoms with Gasteiger partial charge in [0.1, 0.15) is 48.0 Å². The van der Waals surface area contributed by atoms with Crippen LogP contribution in [-0.4, -0.2) is 143 Å². The van der Waals surface area contributed by atoms with E-state index in [1.165, 1.54) is 55.5 Å². The summed E-state index contributed by atoms with van der Waals surface area (Å²) in [7, 11) is 3.67. The van der Waals surface area contributed by atoms with Crippen LogP contribution in [0.5, 0.6) is 5.75 Å². The van der Waals surface area contributed by atoms with Gasteiger partial charge in [0.15, 0.2) is 0 Å². The first kappa shape index (κ1) is 63.9. The van der Waals surface area contributed by atoms with Gasteiger partial charge in [-0.15, -0.1) is 0 Å². The van der Waals surface area contributed by atoms with Crippen LogP contribution in [0.1, 0.15) is 58.8 Å². The number of carbonyl (C=O) groups excluding carboxylic acids is 9. The van der Waals surface area contributed by atoms with Gasteiger partial charge >= 0.3 is 0 Å². The summed E-state index contributed by atoms with van der Waals surface area (Å²) < 4.78 is 0. The highest BCUT2D eigenvalue weighted by molar-refractivity contribution is 8.76. The van der Waals surface area contributed by atoms with Crippen molar-refractivity contribution in [3.05, 3.63) is 135 Å². The fourth-order valence-corrected chi connectivity index (χ4v) is 10.8. The third kappa shape index (κ3) is 20.6. The molecule has 430 valence electrons. The molecule has 0 radical (unpaired) electrons. The van der Waals surface area contributed by atoms with Gasteiger partial charge in [-0.1, -0.05) is 93.3 Å². The van der Waals surface area contributed by atoms with Gasteiger partial charge in [-0.2, -0.15) is 0 Å². The summed E-state index contributed by atoms with van der Waals surface area (Å²) >= 11 is 12.1. The zero-order valence-corrected chi connectivity index (χ0v) is 47.0. The van der Waals surface area contributed by atoms with Crippen LogP contribution in [0.2, 0.25) is 10.0 Å². The molecule has 4 aromatic carbocycles. The quantitative estimate of drug-likeness (QED) is 0.0422. The van der Waals surface area contributed by atoms with Crippen molar-refractivity contribution in [2.45, 2.75) is 106 Å². The van der Waals surface area contributed by atoms with E-state index in [0.29, 0.717) is 51.7 Å². The molecular weight excluding hydrogens is 1110 g/mol. The second-order valence-electron chi connectivity index (χ2n) is 19.1. The largest absolute Gasteiger partial charge is 0.508 e. The molecule has 2 unspecified atom stereocenters. The van der Waals surface area contributed by atoms with E-state index >= 15 is 0 Å². The van der Waals surface area contributed by atoms with Crippen LogP contribution in [0, 0.1) is 0 Å². The molecule has 1 aliphatic rings. The number of unbranched alkanes of at least 4 members (excludes halogenated alkanes) is 1. The number of aliphatic hydroxyl groups is 1. The molecule has 22 nitrogen and oxygen atoms in total. The normalized spacial score (nSPS) is 20.9. The van der Waals surface area contributed by atoms with E-state index in [1.807, 2.05) is 0 Å². The smallest absolute Gasteiger partial charge is 0.248 e. The van der Waals surface area contributed by atoms with Crippen molar-refractivity contribution in [2.24, 2.45) is 17.2 Å². The molecule has 4 aromatic rings. The van der Waals surface area contributed by atoms with Crippen LogP contribution in [-0.2, 0) is 64.0 Å². The topological polar surface area (TPSA) is 368 Å². The van der Waals surface area contributed by atoms with Crippen molar-refractivity contribution >= 4 is 98.0 Å². The van der Waals surface area contributed by atoms with Crippen molar-refractivity contribution in [1.29, 1.82) is 0 Å². The van der Waals surface area contributed by atoms with Gasteiger partial charge in [0.05, 0.1) is 12.1 Å². The average molecular weight is 1180 g/mol. The summed E-state index contributed by atoms with van der Waals surface area (Å²) in [6.45, 7) is 1.76. The lowest BCUT2D eigenvalue weighted by molar-refractivity contribution is -0.136. The molecular formula is C54H67Cl2N11O11S2. The van der Waals surface area contributed by atoms with Crippen molar-refractivity contribution in [3.8, 4) is 5.75 Å². The fraction of sp³-hybridized carbons (Fsp3) is 0.389. The van der Waals surface area contributed by atoms with Gasteiger partial charge in [0, 0.05) is 46.4 Å². The van der Waals surface area contributed by atoms with Crippen molar-refractivity contribution < 1.29 is 53.4 Å². The Bertz CT molecular complexity index is 2780. The second kappa shape index (κ2) is 31.8. The summed E-state index contributed by atoms with van der Waals surface area (Å²) in [6, 6.07) is 13.2. The summed E-state index contributed by atoms with van der Waals surface area (Å²) in [5.41, 5.74) is 19.9. The van der Waals surface area contributed by atoms with E-state index in [0.717, 1.165) is 21.6 Å². The van der Waals surface area contributed by atoms with Crippen LogP contribution in [0.25, 0.3) is 0 Å². The van der Waals surface area contributed by atoms with E-state index in [4.69, 9.17) is 40.4 Å². The number of amides is 9. The molecule has 1 fully saturated rings. The minimum Gasteiger partial charge on any atom is -0.508 e. The molecule has 26 heteroatoms. The third-order valence-corrected chi connectivity index (χ3v) is 15.6. The number of phenols is 1. The Labute approximate surface area is 480 Å². The molecule has 1 saturated heterocycles.